The first kappa shape index (κ1) is 9.49. The summed E-state index contributed by atoms with van der Waals surface area (Å²) in [6, 6.07) is 3.09. The van der Waals surface area contributed by atoms with Crippen molar-refractivity contribution >= 4 is 0 Å². The van der Waals surface area contributed by atoms with E-state index in [0.717, 1.165) is 0 Å². The molecule has 0 amide bonds. The minimum absolute atomic E-state index is 0.0211. The van der Waals surface area contributed by atoms with Crippen molar-refractivity contribution in [3.8, 4) is 6.07 Å². The molecule has 0 aliphatic rings. The molecule has 0 aromatic heterocycles. The highest BCUT2D eigenvalue weighted by Crippen LogP contribution is 2.14. The van der Waals surface area contributed by atoms with Crippen molar-refractivity contribution in [1.29, 1.82) is 0 Å². The summed E-state index contributed by atoms with van der Waals surface area (Å²) >= 11 is 0. The first-order valence-electron chi connectivity index (χ1n) is 3.70. The van der Waals surface area contributed by atoms with Crippen LogP contribution in [0.2, 0.25) is 0 Å². The molecule has 0 rings (SSSR count). The first-order valence-corrected chi connectivity index (χ1v) is 3.70. The van der Waals surface area contributed by atoms with Gasteiger partial charge in [-0.25, -0.2) is 0 Å². The van der Waals surface area contributed by atoms with Crippen LogP contribution in [0.25, 0.3) is 4.85 Å². The van der Waals surface area contributed by atoms with Gasteiger partial charge in [-0.3, -0.25) is 0 Å². The Bertz CT molecular complexity index is 138. The van der Waals surface area contributed by atoms with Crippen molar-refractivity contribution in [3.05, 3.63) is 4.85 Å². The second kappa shape index (κ2) is 2.62. The summed E-state index contributed by atoms with van der Waals surface area (Å²) in [6.45, 7) is 12.5. The van der Waals surface area contributed by atoms with E-state index in [1.165, 1.54) is 0 Å². The first-order chi connectivity index (χ1) is 4.21. The molecule has 0 aliphatic heterocycles. The number of hydrogen-bond acceptors (Lipinski definition) is 0. The minimum atomic E-state index is 0.0211. The molecule has 0 bridgehead atoms. The smallest absolute Gasteiger partial charge is 0.0775 e. The van der Waals surface area contributed by atoms with E-state index in [0.29, 0.717) is 0 Å². The predicted molar refractivity (Wildman–Crippen MR) is 46.5 cm³/mol. The van der Waals surface area contributed by atoms with Crippen LogP contribution < -0.4 is 0 Å². The van der Waals surface area contributed by atoms with Gasteiger partial charge < -0.3 is 0 Å². The van der Waals surface area contributed by atoms with Gasteiger partial charge in [0.05, 0.1) is 5.41 Å². The molecule has 0 atom stereocenters. The lowest BCUT2D eigenvalue weighted by atomic mass is 9.99. The number of nitrogens with zero attached hydrogens (tertiary/aromatic N) is 1. The van der Waals surface area contributed by atoms with Crippen molar-refractivity contribution < 1.29 is 0 Å². The second-order valence-electron chi connectivity index (χ2n) is 4.64. The van der Waals surface area contributed by atoms with Gasteiger partial charge in [0.2, 0.25) is 0 Å². The summed E-state index contributed by atoms with van der Waals surface area (Å²) in [5.41, 5.74) is 0.112. The maximum absolute atomic E-state index is 4.28. The standard InChI is InChI=1S/C9H18N/c1-8(2,3)7-10-9(4,5)6/h1-6H3/q+1. The third-order valence-electron chi connectivity index (χ3n) is 0.727. The van der Waals surface area contributed by atoms with Crippen LogP contribution in [0.15, 0.2) is 0 Å². The quantitative estimate of drug-likeness (QED) is 0.487. The molecular formula is C9H18N+. The van der Waals surface area contributed by atoms with Crippen LogP contribution in [0.3, 0.4) is 0 Å². The summed E-state index contributed by atoms with van der Waals surface area (Å²) in [4.78, 5) is 4.28. The van der Waals surface area contributed by atoms with Gasteiger partial charge in [0, 0.05) is 20.8 Å². The highest BCUT2D eigenvalue weighted by molar-refractivity contribution is 5.03. The highest BCUT2D eigenvalue weighted by atomic mass is 14.8. The van der Waals surface area contributed by atoms with E-state index < -0.39 is 0 Å². The molecule has 0 heterocycles. The van der Waals surface area contributed by atoms with Crippen molar-refractivity contribution in [1.82, 2.24) is 0 Å². The van der Waals surface area contributed by atoms with Crippen molar-refractivity contribution in [2.75, 3.05) is 0 Å². The summed E-state index contributed by atoms with van der Waals surface area (Å²) in [5.74, 6) is 0. The zero-order valence-electron chi connectivity index (χ0n) is 7.95. The molecule has 10 heavy (non-hydrogen) atoms. The normalized spacial score (nSPS) is 12.2. The molecule has 0 radical (unpaired) electrons. The zero-order valence-corrected chi connectivity index (χ0v) is 7.95. The lowest BCUT2D eigenvalue weighted by Crippen LogP contribution is -2.08. The second-order valence-corrected chi connectivity index (χ2v) is 4.64. The van der Waals surface area contributed by atoms with Gasteiger partial charge in [0.1, 0.15) is 0 Å². The van der Waals surface area contributed by atoms with Gasteiger partial charge >= 0.3 is 0 Å². The molecule has 0 N–H and O–H groups in total. The lowest BCUT2D eigenvalue weighted by molar-refractivity contribution is 0.562. The maximum atomic E-state index is 4.28. The third kappa shape index (κ3) is 7.49. The Morgan fingerprint density at radius 1 is 0.900 bits per heavy atom. The Morgan fingerprint density at radius 3 is 1.40 bits per heavy atom. The molecule has 0 unspecified atom stereocenters. The van der Waals surface area contributed by atoms with E-state index in [1.54, 1.807) is 0 Å². The van der Waals surface area contributed by atoms with Crippen molar-refractivity contribution in [3.63, 3.8) is 0 Å². The van der Waals surface area contributed by atoms with Crippen LogP contribution in [0.4, 0.5) is 0 Å². The third-order valence-corrected chi connectivity index (χ3v) is 0.727. The molecule has 0 saturated heterocycles. The largest absolute Gasteiger partial charge is 0.279 e. The van der Waals surface area contributed by atoms with Crippen LogP contribution >= 0.6 is 0 Å². The molecule has 0 saturated carbocycles. The monoisotopic (exact) mass is 140 g/mol. The fourth-order valence-electron chi connectivity index (χ4n) is 0.335. The maximum Gasteiger partial charge on any atom is 0.279 e. The fourth-order valence-corrected chi connectivity index (χ4v) is 0.335. The van der Waals surface area contributed by atoms with Crippen LogP contribution in [0.5, 0.6) is 0 Å². The van der Waals surface area contributed by atoms with E-state index in [9.17, 15) is 0 Å². The van der Waals surface area contributed by atoms with Gasteiger partial charge in [0.15, 0.2) is 0 Å². The predicted octanol–water partition coefficient (Wildman–Crippen LogP) is 3.16. The fraction of sp³-hybridized carbons (Fsp3) is 0.889. The van der Waals surface area contributed by atoms with Crippen LogP contribution in [0, 0.1) is 11.5 Å². The van der Waals surface area contributed by atoms with Gasteiger partial charge in [-0.05, 0) is 20.8 Å². The Balaban J connectivity index is 4.19. The Hall–Kier alpha value is -0.510. The average Bonchev–Trinajstić information content (AvgIpc) is 1.57. The Kier molecular flexibility index (Phi) is 2.48. The van der Waals surface area contributed by atoms with Crippen LogP contribution in [-0.2, 0) is 0 Å². The molecule has 1 nitrogen and oxygen atoms in total. The summed E-state index contributed by atoms with van der Waals surface area (Å²) in [6.07, 6.45) is 0. The molecule has 0 spiro atoms. The molecule has 1 heteroatoms. The minimum Gasteiger partial charge on any atom is -0.0775 e. The average molecular weight is 140 g/mol. The summed E-state index contributed by atoms with van der Waals surface area (Å²) in [7, 11) is 0. The lowest BCUT2D eigenvalue weighted by Gasteiger charge is -2.00. The number of rotatable bonds is 0. The van der Waals surface area contributed by atoms with E-state index in [2.05, 4.69) is 52.5 Å². The molecule has 0 fully saturated rings. The Labute approximate surface area is 64.3 Å². The van der Waals surface area contributed by atoms with E-state index in [1.807, 2.05) is 0 Å². The molecule has 0 aliphatic carbocycles. The van der Waals surface area contributed by atoms with E-state index in [4.69, 9.17) is 0 Å². The molecular weight excluding hydrogens is 122 g/mol. The van der Waals surface area contributed by atoms with Crippen LogP contribution in [-0.4, -0.2) is 5.54 Å². The van der Waals surface area contributed by atoms with Gasteiger partial charge in [-0.2, -0.15) is 0 Å². The summed E-state index contributed by atoms with van der Waals surface area (Å²) in [5, 5.41) is 0. The van der Waals surface area contributed by atoms with Gasteiger partial charge in [0.25, 0.3) is 11.6 Å². The summed E-state index contributed by atoms with van der Waals surface area (Å²) < 4.78 is 0. The van der Waals surface area contributed by atoms with Crippen molar-refractivity contribution in [2.24, 2.45) is 5.41 Å². The van der Waals surface area contributed by atoms with Gasteiger partial charge in [-0.1, -0.05) is 4.85 Å². The van der Waals surface area contributed by atoms with E-state index >= 15 is 0 Å². The highest BCUT2D eigenvalue weighted by Gasteiger charge is 2.21. The van der Waals surface area contributed by atoms with Gasteiger partial charge in [-0.15, -0.1) is 0 Å². The number of hydrogen-bond donors (Lipinski definition) is 0. The Morgan fingerprint density at radius 2 is 1.30 bits per heavy atom. The van der Waals surface area contributed by atoms with E-state index in [-0.39, 0.29) is 11.0 Å². The topological polar surface area (TPSA) is 4.36 Å². The molecule has 58 valence electrons. The van der Waals surface area contributed by atoms with Crippen LogP contribution in [0.1, 0.15) is 41.5 Å². The molecule has 0 aromatic rings. The van der Waals surface area contributed by atoms with Crippen molar-refractivity contribution in [2.45, 2.75) is 47.1 Å². The zero-order chi connectivity index (χ0) is 8.41. The molecule has 0 aromatic carbocycles. The SMILES string of the molecule is CC(C)(C)C#[N+]C(C)(C)C.